The molecular weight excluding hydrogens is 334 g/mol. The van der Waals surface area contributed by atoms with Crippen LogP contribution in [0.1, 0.15) is 43.0 Å². The van der Waals surface area contributed by atoms with Gasteiger partial charge in [0.25, 0.3) is 5.91 Å². The Balaban J connectivity index is 1.55. The van der Waals surface area contributed by atoms with Crippen LogP contribution >= 0.6 is 0 Å². The van der Waals surface area contributed by atoms with E-state index in [0.29, 0.717) is 16.7 Å². The third kappa shape index (κ3) is 3.54. The first-order valence-corrected chi connectivity index (χ1v) is 9.20. The van der Waals surface area contributed by atoms with Gasteiger partial charge in [0.2, 0.25) is 0 Å². The lowest BCUT2D eigenvalue weighted by Crippen LogP contribution is -2.36. The summed E-state index contributed by atoms with van der Waals surface area (Å²) >= 11 is 0. The molecule has 0 spiro atoms. The molecule has 0 bridgehead atoms. The van der Waals surface area contributed by atoms with Crippen molar-refractivity contribution in [3.8, 4) is 0 Å². The molecule has 1 amide bonds. The number of nitrogens with one attached hydrogen (secondary N) is 1. The molecule has 1 aliphatic carbocycles. The van der Waals surface area contributed by atoms with E-state index in [2.05, 4.69) is 17.4 Å². The number of aryl methyl sites for hydroxylation is 1. The summed E-state index contributed by atoms with van der Waals surface area (Å²) in [6.07, 6.45) is 1.66. The maximum atomic E-state index is 12.9. The van der Waals surface area contributed by atoms with Crippen molar-refractivity contribution in [3.63, 3.8) is 0 Å². The lowest BCUT2D eigenvalue weighted by Gasteiger charge is -2.14. The third-order valence-corrected chi connectivity index (χ3v) is 5.12. The number of ketones is 1. The van der Waals surface area contributed by atoms with E-state index in [1.165, 1.54) is 11.1 Å². The van der Waals surface area contributed by atoms with E-state index in [0.717, 1.165) is 18.4 Å². The number of hydrogen-bond acceptors (Lipinski definition) is 2. The average molecular weight is 355 g/mol. The van der Waals surface area contributed by atoms with Gasteiger partial charge in [0, 0.05) is 17.2 Å². The molecule has 134 valence electrons. The summed E-state index contributed by atoms with van der Waals surface area (Å²) < 4.78 is 0. The van der Waals surface area contributed by atoms with Crippen molar-refractivity contribution >= 4 is 11.7 Å². The van der Waals surface area contributed by atoms with Gasteiger partial charge >= 0.3 is 0 Å². The second-order valence-corrected chi connectivity index (χ2v) is 7.09. The van der Waals surface area contributed by atoms with E-state index in [4.69, 9.17) is 0 Å². The van der Waals surface area contributed by atoms with Crippen LogP contribution in [-0.4, -0.2) is 17.7 Å². The van der Waals surface area contributed by atoms with Crippen molar-refractivity contribution < 1.29 is 9.59 Å². The first kappa shape index (κ1) is 17.2. The Hall–Kier alpha value is -3.20. The lowest BCUT2D eigenvalue weighted by molar-refractivity contribution is 0.0928. The van der Waals surface area contributed by atoms with Crippen LogP contribution in [-0.2, 0) is 12.8 Å². The average Bonchev–Trinajstić information content (AvgIpc) is 3.10. The summed E-state index contributed by atoms with van der Waals surface area (Å²) in [6, 6.07) is 22.8. The van der Waals surface area contributed by atoms with E-state index in [9.17, 15) is 9.59 Å². The molecule has 3 aromatic carbocycles. The zero-order valence-corrected chi connectivity index (χ0v) is 15.2. The minimum Gasteiger partial charge on any atom is -0.349 e. The monoisotopic (exact) mass is 355 g/mol. The maximum Gasteiger partial charge on any atom is 0.252 e. The molecule has 27 heavy (non-hydrogen) atoms. The zero-order valence-electron chi connectivity index (χ0n) is 15.2. The molecule has 0 atom stereocenters. The first-order chi connectivity index (χ1) is 13.1. The highest BCUT2D eigenvalue weighted by Gasteiger charge is 2.25. The Morgan fingerprint density at radius 3 is 1.96 bits per heavy atom. The van der Waals surface area contributed by atoms with Crippen molar-refractivity contribution in [2.24, 2.45) is 0 Å². The number of benzene rings is 3. The standard InChI is InChI=1S/C24H21NO2/c1-16-10-12-17(13-11-16)23(26)21-8-4-5-9-22(21)24(27)25-20-14-18-6-2-3-7-19(18)15-20/h2-13,20H,14-15H2,1H3,(H,25,27). The van der Waals surface area contributed by atoms with Crippen LogP contribution < -0.4 is 5.32 Å². The molecule has 3 heteroatoms. The van der Waals surface area contributed by atoms with Gasteiger partial charge in [-0.25, -0.2) is 0 Å². The molecule has 0 saturated carbocycles. The van der Waals surface area contributed by atoms with Crippen molar-refractivity contribution in [1.82, 2.24) is 5.32 Å². The largest absolute Gasteiger partial charge is 0.349 e. The van der Waals surface area contributed by atoms with Crippen molar-refractivity contribution in [2.45, 2.75) is 25.8 Å². The number of amides is 1. The van der Waals surface area contributed by atoms with Gasteiger partial charge in [-0.3, -0.25) is 9.59 Å². The van der Waals surface area contributed by atoms with Gasteiger partial charge in [0.1, 0.15) is 0 Å². The minimum atomic E-state index is -0.191. The Kier molecular flexibility index (Phi) is 4.59. The van der Waals surface area contributed by atoms with Crippen LogP contribution in [0.5, 0.6) is 0 Å². The van der Waals surface area contributed by atoms with Gasteiger partial charge in [0.05, 0.1) is 5.56 Å². The van der Waals surface area contributed by atoms with Crippen LogP contribution in [0.3, 0.4) is 0 Å². The molecule has 0 fully saturated rings. The summed E-state index contributed by atoms with van der Waals surface area (Å²) in [5.74, 6) is -0.320. The molecule has 3 aromatic rings. The predicted molar refractivity (Wildman–Crippen MR) is 106 cm³/mol. The summed E-state index contributed by atoms with van der Waals surface area (Å²) in [4.78, 5) is 25.8. The quantitative estimate of drug-likeness (QED) is 0.716. The summed E-state index contributed by atoms with van der Waals surface area (Å²) in [6.45, 7) is 1.98. The van der Waals surface area contributed by atoms with Crippen molar-refractivity contribution in [1.29, 1.82) is 0 Å². The number of rotatable bonds is 4. The normalized spacial score (nSPS) is 13.2. The highest BCUT2D eigenvalue weighted by atomic mass is 16.2. The number of carbonyl (C=O) groups excluding carboxylic acids is 2. The first-order valence-electron chi connectivity index (χ1n) is 9.20. The fourth-order valence-electron chi connectivity index (χ4n) is 3.66. The molecule has 0 heterocycles. The Morgan fingerprint density at radius 2 is 1.33 bits per heavy atom. The molecule has 1 aliphatic rings. The second-order valence-electron chi connectivity index (χ2n) is 7.09. The summed E-state index contributed by atoms with van der Waals surface area (Å²) in [5, 5.41) is 3.11. The van der Waals surface area contributed by atoms with Crippen LogP contribution in [0.2, 0.25) is 0 Å². The highest BCUT2D eigenvalue weighted by Crippen LogP contribution is 2.22. The third-order valence-electron chi connectivity index (χ3n) is 5.12. The predicted octanol–water partition coefficient (Wildman–Crippen LogP) is 4.12. The van der Waals surface area contributed by atoms with Gasteiger partial charge in [-0.05, 0) is 37.0 Å². The molecule has 0 saturated heterocycles. The Labute approximate surface area is 159 Å². The van der Waals surface area contributed by atoms with Gasteiger partial charge in [-0.1, -0.05) is 72.3 Å². The molecule has 0 aromatic heterocycles. The summed E-state index contributed by atoms with van der Waals surface area (Å²) in [7, 11) is 0. The van der Waals surface area contributed by atoms with E-state index in [1.54, 1.807) is 36.4 Å². The fourth-order valence-corrected chi connectivity index (χ4v) is 3.66. The lowest BCUT2D eigenvalue weighted by atomic mass is 9.97. The van der Waals surface area contributed by atoms with Crippen molar-refractivity contribution in [3.05, 3.63) is 106 Å². The zero-order chi connectivity index (χ0) is 18.8. The second kappa shape index (κ2) is 7.20. The molecule has 4 rings (SSSR count). The topological polar surface area (TPSA) is 46.2 Å². The van der Waals surface area contributed by atoms with E-state index < -0.39 is 0 Å². The molecular formula is C24H21NO2. The van der Waals surface area contributed by atoms with Crippen LogP contribution in [0.4, 0.5) is 0 Å². The number of hydrogen-bond donors (Lipinski definition) is 1. The number of fused-ring (bicyclic) bond motifs is 1. The Bertz CT molecular complexity index is 980. The van der Waals surface area contributed by atoms with Crippen LogP contribution in [0.15, 0.2) is 72.8 Å². The highest BCUT2D eigenvalue weighted by molar-refractivity contribution is 6.15. The minimum absolute atomic E-state index is 0.0671. The molecule has 3 nitrogen and oxygen atoms in total. The van der Waals surface area contributed by atoms with Crippen LogP contribution in [0.25, 0.3) is 0 Å². The maximum absolute atomic E-state index is 12.9. The SMILES string of the molecule is Cc1ccc(C(=O)c2ccccc2C(=O)NC2Cc3ccccc3C2)cc1. The van der Waals surface area contributed by atoms with E-state index >= 15 is 0 Å². The molecule has 0 unspecified atom stereocenters. The smallest absolute Gasteiger partial charge is 0.252 e. The fraction of sp³-hybridized carbons (Fsp3) is 0.167. The van der Waals surface area contributed by atoms with Gasteiger partial charge in [0.15, 0.2) is 5.78 Å². The van der Waals surface area contributed by atoms with Gasteiger partial charge in [-0.2, -0.15) is 0 Å². The summed E-state index contributed by atoms with van der Waals surface area (Å²) in [5.41, 5.74) is 5.12. The molecule has 1 N–H and O–H groups in total. The van der Waals surface area contributed by atoms with E-state index in [1.807, 2.05) is 31.2 Å². The molecule has 0 radical (unpaired) electrons. The van der Waals surface area contributed by atoms with Crippen LogP contribution in [0, 0.1) is 6.92 Å². The Morgan fingerprint density at radius 1 is 0.778 bits per heavy atom. The van der Waals surface area contributed by atoms with Crippen molar-refractivity contribution in [2.75, 3.05) is 0 Å². The molecule has 0 aliphatic heterocycles. The van der Waals surface area contributed by atoms with Gasteiger partial charge < -0.3 is 5.32 Å². The number of carbonyl (C=O) groups is 2. The van der Waals surface area contributed by atoms with E-state index in [-0.39, 0.29) is 17.7 Å². The van der Waals surface area contributed by atoms with Gasteiger partial charge in [-0.15, -0.1) is 0 Å².